The highest BCUT2D eigenvalue weighted by Gasteiger charge is 2.26. The van der Waals surface area contributed by atoms with Gasteiger partial charge in [0.15, 0.2) is 5.96 Å². The molecular formula is C22H27F3N4O2. The lowest BCUT2D eigenvalue weighted by Gasteiger charge is -2.22. The molecule has 0 radical (unpaired) electrons. The highest BCUT2D eigenvalue weighted by Crippen LogP contribution is 2.31. The number of nitrogens with zero attached hydrogens (tertiary/aromatic N) is 2. The van der Waals surface area contributed by atoms with E-state index in [1.165, 1.54) is 30.3 Å². The van der Waals surface area contributed by atoms with E-state index >= 15 is 0 Å². The Labute approximate surface area is 179 Å². The Kier molecular flexibility index (Phi) is 8.00. The number of aliphatic hydroxyl groups is 1. The van der Waals surface area contributed by atoms with E-state index < -0.39 is 12.7 Å². The number of aliphatic imine (C=N–C) groups is 1. The molecule has 0 bridgehead atoms. The monoisotopic (exact) mass is 436 g/mol. The molecule has 2 atom stereocenters. The molecule has 3 N–H and O–H groups in total. The van der Waals surface area contributed by atoms with E-state index in [0.717, 1.165) is 6.42 Å². The van der Waals surface area contributed by atoms with Crippen LogP contribution in [-0.4, -0.2) is 49.9 Å². The van der Waals surface area contributed by atoms with Crippen molar-refractivity contribution in [3.8, 4) is 5.75 Å². The largest absolute Gasteiger partial charge is 0.433 e. The Hall–Kier alpha value is -2.94. The SMILES string of the molecule is CCNC(=NCC(O)c1ccc(F)cc1)NC1CCN(c2ccccc2OC(F)F)C1. The maximum atomic E-state index is 13.1. The summed E-state index contributed by atoms with van der Waals surface area (Å²) in [6.07, 6.45) is -0.0667. The summed E-state index contributed by atoms with van der Waals surface area (Å²) in [6.45, 7) is 1.08. The number of benzene rings is 2. The molecule has 1 aliphatic rings. The second kappa shape index (κ2) is 10.9. The van der Waals surface area contributed by atoms with Crippen molar-refractivity contribution in [2.75, 3.05) is 31.1 Å². The van der Waals surface area contributed by atoms with Crippen molar-refractivity contribution < 1.29 is 23.0 Å². The molecule has 168 valence electrons. The van der Waals surface area contributed by atoms with Gasteiger partial charge in [-0.05, 0) is 43.2 Å². The summed E-state index contributed by atoms with van der Waals surface area (Å²) in [5.41, 5.74) is 1.21. The average Bonchev–Trinajstić information content (AvgIpc) is 3.21. The minimum Gasteiger partial charge on any atom is -0.433 e. The Morgan fingerprint density at radius 3 is 2.68 bits per heavy atom. The normalized spacial score (nSPS) is 17.7. The summed E-state index contributed by atoms with van der Waals surface area (Å²) in [5.74, 6) is 0.342. The van der Waals surface area contributed by atoms with E-state index in [2.05, 4.69) is 20.4 Å². The zero-order valence-electron chi connectivity index (χ0n) is 17.3. The van der Waals surface area contributed by atoms with Crippen LogP contribution in [-0.2, 0) is 0 Å². The standard InChI is InChI=1S/C22H27F3N4O2/c1-2-26-22(27-13-19(30)15-7-9-16(23)10-8-15)28-17-11-12-29(14-17)18-5-3-4-6-20(18)31-21(24)25/h3-10,17,19,21,30H,2,11-14H2,1H3,(H2,26,27,28). The van der Waals surface area contributed by atoms with Crippen molar-refractivity contribution in [2.45, 2.75) is 32.1 Å². The topological polar surface area (TPSA) is 69.1 Å². The molecule has 2 aromatic rings. The van der Waals surface area contributed by atoms with Crippen LogP contribution in [0.25, 0.3) is 0 Å². The van der Waals surface area contributed by atoms with Crippen molar-refractivity contribution in [3.63, 3.8) is 0 Å². The van der Waals surface area contributed by atoms with E-state index in [1.807, 2.05) is 11.8 Å². The fourth-order valence-corrected chi connectivity index (χ4v) is 3.49. The highest BCUT2D eigenvalue weighted by atomic mass is 19.3. The Morgan fingerprint density at radius 2 is 1.97 bits per heavy atom. The van der Waals surface area contributed by atoms with Gasteiger partial charge in [0.25, 0.3) is 0 Å². The van der Waals surface area contributed by atoms with Gasteiger partial charge in [0.2, 0.25) is 0 Å². The summed E-state index contributed by atoms with van der Waals surface area (Å²) in [7, 11) is 0. The molecular weight excluding hydrogens is 409 g/mol. The van der Waals surface area contributed by atoms with Gasteiger partial charge in [-0.1, -0.05) is 24.3 Å². The van der Waals surface area contributed by atoms with Gasteiger partial charge in [-0.15, -0.1) is 0 Å². The van der Waals surface area contributed by atoms with Crippen LogP contribution in [0.3, 0.4) is 0 Å². The lowest BCUT2D eigenvalue weighted by atomic mass is 10.1. The first-order valence-electron chi connectivity index (χ1n) is 10.2. The molecule has 0 saturated carbocycles. The van der Waals surface area contributed by atoms with Crippen LogP contribution in [0.4, 0.5) is 18.9 Å². The van der Waals surface area contributed by atoms with Gasteiger partial charge in [0, 0.05) is 25.7 Å². The zero-order chi connectivity index (χ0) is 22.2. The van der Waals surface area contributed by atoms with Crippen LogP contribution in [0.1, 0.15) is 25.0 Å². The lowest BCUT2D eigenvalue weighted by molar-refractivity contribution is -0.0495. The summed E-state index contributed by atoms with van der Waals surface area (Å²) in [5, 5.41) is 16.8. The van der Waals surface area contributed by atoms with E-state index in [-0.39, 0.29) is 24.2 Å². The fraction of sp³-hybridized carbons (Fsp3) is 0.409. The maximum absolute atomic E-state index is 13.1. The first kappa shape index (κ1) is 22.7. The van der Waals surface area contributed by atoms with Crippen LogP contribution in [0.15, 0.2) is 53.5 Å². The second-order valence-electron chi connectivity index (χ2n) is 7.21. The predicted molar refractivity (Wildman–Crippen MR) is 114 cm³/mol. The molecule has 6 nitrogen and oxygen atoms in total. The number of guanidine groups is 1. The third kappa shape index (κ3) is 6.52. The number of para-hydroxylation sites is 2. The predicted octanol–water partition coefficient (Wildman–Crippen LogP) is 3.29. The van der Waals surface area contributed by atoms with Gasteiger partial charge in [-0.2, -0.15) is 8.78 Å². The molecule has 1 aliphatic heterocycles. The van der Waals surface area contributed by atoms with Gasteiger partial charge in [-0.25, -0.2) is 4.39 Å². The van der Waals surface area contributed by atoms with Crippen LogP contribution < -0.4 is 20.3 Å². The number of alkyl halides is 2. The molecule has 0 aliphatic carbocycles. The number of anilines is 1. The van der Waals surface area contributed by atoms with Crippen molar-refractivity contribution >= 4 is 11.6 Å². The maximum Gasteiger partial charge on any atom is 0.387 e. The van der Waals surface area contributed by atoms with E-state index in [4.69, 9.17) is 0 Å². The molecule has 0 spiro atoms. The van der Waals surface area contributed by atoms with Crippen molar-refractivity contribution in [3.05, 3.63) is 59.9 Å². The molecule has 0 amide bonds. The fourth-order valence-electron chi connectivity index (χ4n) is 3.49. The number of ether oxygens (including phenoxy) is 1. The van der Waals surface area contributed by atoms with Crippen molar-refractivity contribution in [1.82, 2.24) is 10.6 Å². The molecule has 9 heteroatoms. The minimum atomic E-state index is -2.88. The van der Waals surface area contributed by atoms with Gasteiger partial charge >= 0.3 is 6.61 Å². The van der Waals surface area contributed by atoms with Gasteiger partial charge in [0.05, 0.1) is 18.3 Å². The third-order valence-corrected chi connectivity index (χ3v) is 4.97. The number of hydrogen-bond donors (Lipinski definition) is 3. The smallest absolute Gasteiger partial charge is 0.387 e. The molecule has 2 aromatic carbocycles. The van der Waals surface area contributed by atoms with Gasteiger partial charge < -0.3 is 25.4 Å². The average molecular weight is 436 g/mol. The summed E-state index contributed by atoms with van der Waals surface area (Å²) < 4.78 is 43.1. The third-order valence-electron chi connectivity index (χ3n) is 4.97. The number of hydrogen-bond acceptors (Lipinski definition) is 4. The van der Waals surface area contributed by atoms with Crippen LogP contribution in [0.5, 0.6) is 5.75 Å². The summed E-state index contributed by atoms with van der Waals surface area (Å²) in [4.78, 5) is 6.43. The molecule has 0 aromatic heterocycles. The van der Waals surface area contributed by atoms with Gasteiger partial charge in [-0.3, -0.25) is 4.99 Å². The second-order valence-corrected chi connectivity index (χ2v) is 7.21. The van der Waals surface area contributed by atoms with E-state index in [1.54, 1.807) is 18.2 Å². The number of aliphatic hydroxyl groups excluding tert-OH is 1. The Morgan fingerprint density at radius 1 is 1.23 bits per heavy atom. The molecule has 3 rings (SSSR count). The molecule has 2 unspecified atom stereocenters. The molecule has 1 fully saturated rings. The Bertz CT molecular complexity index is 864. The van der Waals surface area contributed by atoms with Gasteiger partial charge in [0.1, 0.15) is 11.6 Å². The lowest BCUT2D eigenvalue weighted by Crippen LogP contribution is -2.44. The van der Waals surface area contributed by atoms with Crippen molar-refractivity contribution in [1.29, 1.82) is 0 Å². The number of rotatable bonds is 8. The number of nitrogens with one attached hydrogen (secondary N) is 2. The highest BCUT2D eigenvalue weighted by molar-refractivity contribution is 5.80. The van der Waals surface area contributed by atoms with Crippen LogP contribution >= 0.6 is 0 Å². The number of halogens is 3. The van der Waals surface area contributed by atoms with E-state index in [9.17, 15) is 18.3 Å². The van der Waals surface area contributed by atoms with Crippen LogP contribution in [0, 0.1) is 5.82 Å². The Balaban J connectivity index is 1.61. The summed E-state index contributed by atoms with van der Waals surface area (Å²) >= 11 is 0. The zero-order valence-corrected chi connectivity index (χ0v) is 17.3. The first-order chi connectivity index (χ1) is 15.0. The molecule has 31 heavy (non-hydrogen) atoms. The molecule has 1 heterocycles. The van der Waals surface area contributed by atoms with Crippen LogP contribution in [0.2, 0.25) is 0 Å². The first-order valence-corrected chi connectivity index (χ1v) is 10.2. The van der Waals surface area contributed by atoms with E-state index in [0.29, 0.717) is 36.8 Å². The molecule has 1 saturated heterocycles. The van der Waals surface area contributed by atoms with Crippen molar-refractivity contribution in [2.24, 2.45) is 4.99 Å². The quantitative estimate of drug-likeness (QED) is 0.438. The summed E-state index contributed by atoms with van der Waals surface area (Å²) in [6, 6.07) is 12.5. The minimum absolute atomic E-state index is 0.0420.